The van der Waals surface area contributed by atoms with Gasteiger partial charge in [0.1, 0.15) is 17.2 Å². The van der Waals surface area contributed by atoms with Crippen LogP contribution in [0.25, 0.3) is 44.8 Å². The monoisotopic (exact) mass is 412 g/mol. The first-order chi connectivity index (χ1) is 15.0. The van der Waals surface area contributed by atoms with Crippen molar-refractivity contribution in [2.75, 3.05) is 7.11 Å². The van der Waals surface area contributed by atoms with Crippen molar-refractivity contribution in [1.29, 1.82) is 0 Å². The molecule has 154 valence electrons. The number of H-pyrrole nitrogens is 2. The second-order valence-electron chi connectivity index (χ2n) is 7.35. The molecule has 5 aromatic rings. The predicted octanol–water partition coefficient (Wildman–Crippen LogP) is 4.87. The standard InChI is InChI=1S/C24H20N4O3/c1-13-25-11-19(27-13)15-4-6-16(7-5-15)23-24(30-3)22(29)18-10-17(8-9-21(18)31-23)20-12-26-14(2)28-20/h4-12H,1-3H3,(H,25,27)(H,26,28). The summed E-state index contributed by atoms with van der Waals surface area (Å²) in [5.41, 5.74) is 4.65. The Labute approximate surface area is 177 Å². The number of nitrogens with zero attached hydrogens (tertiary/aromatic N) is 2. The van der Waals surface area contributed by atoms with E-state index in [4.69, 9.17) is 9.15 Å². The van der Waals surface area contributed by atoms with Crippen molar-refractivity contribution in [3.05, 3.63) is 76.7 Å². The number of hydrogen-bond acceptors (Lipinski definition) is 5. The van der Waals surface area contributed by atoms with Gasteiger partial charge in [-0.2, -0.15) is 0 Å². The summed E-state index contributed by atoms with van der Waals surface area (Å²) < 4.78 is 11.6. The van der Waals surface area contributed by atoms with E-state index in [0.717, 1.165) is 39.7 Å². The van der Waals surface area contributed by atoms with Crippen LogP contribution in [0, 0.1) is 13.8 Å². The number of benzene rings is 2. The van der Waals surface area contributed by atoms with E-state index in [-0.39, 0.29) is 11.2 Å². The lowest BCUT2D eigenvalue weighted by molar-refractivity contribution is 0.399. The average Bonchev–Trinajstić information content (AvgIpc) is 3.42. The molecule has 0 aliphatic rings. The van der Waals surface area contributed by atoms with Crippen LogP contribution in [0.2, 0.25) is 0 Å². The van der Waals surface area contributed by atoms with Gasteiger partial charge in [0.25, 0.3) is 0 Å². The minimum atomic E-state index is -0.217. The fourth-order valence-electron chi connectivity index (χ4n) is 3.66. The maximum absolute atomic E-state index is 13.2. The quantitative estimate of drug-likeness (QED) is 0.439. The van der Waals surface area contributed by atoms with Gasteiger partial charge in [-0.05, 0) is 37.6 Å². The van der Waals surface area contributed by atoms with Gasteiger partial charge in [-0.1, -0.05) is 24.3 Å². The smallest absolute Gasteiger partial charge is 0.235 e. The van der Waals surface area contributed by atoms with Crippen LogP contribution < -0.4 is 10.2 Å². The fraction of sp³-hybridized carbons (Fsp3) is 0.125. The van der Waals surface area contributed by atoms with Gasteiger partial charge in [0.15, 0.2) is 5.76 Å². The van der Waals surface area contributed by atoms with Crippen molar-refractivity contribution < 1.29 is 9.15 Å². The van der Waals surface area contributed by atoms with Crippen LogP contribution >= 0.6 is 0 Å². The third-order valence-electron chi connectivity index (χ3n) is 5.23. The lowest BCUT2D eigenvalue weighted by atomic mass is 10.0. The number of aromatic amines is 2. The summed E-state index contributed by atoms with van der Waals surface area (Å²) in [5.74, 6) is 2.24. The van der Waals surface area contributed by atoms with Crippen LogP contribution in [0.15, 0.2) is 64.1 Å². The second kappa shape index (κ2) is 7.28. The second-order valence-corrected chi connectivity index (χ2v) is 7.35. The summed E-state index contributed by atoms with van der Waals surface area (Å²) in [6.07, 6.45) is 3.53. The molecule has 0 fully saturated rings. The fourth-order valence-corrected chi connectivity index (χ4v) is 3.66. The van der Waals surface area contributed by atoms with Gasteiger partial charge in [0.05, 0.1) is 36.3 Å². The Kier molecular flexibility index (Phi) is 4.43. The van der Waals surface area contributed by atoms with Crippen molar-refractivity contribution in [2.24, 2.45) is 0 Å². The van der Waals surface area contributed by atoms with Gasteiger partial charge in [-0.3, -0.25) is 4.79 Å². The molecule has 0 amide bonds. The van der Waals surface area contributed by atoms with Crippen LogP contribution in [0.1, 0.15) is 11.6 Å². The van der Waals surface area contributed by atoms with Gasteiger partial charge in [-0.25, -0.2) is 9.97 Å². The van der Waals surface area contributed by atoms with E-state index < -0.39 is 0 Å². The summed E-state index contributed by atoms with van der Waals surface area (Å²) in [5, 5.41) is 0.454. The summed E-state index contributed by atoms with van der Waals surface area (Å²) in [4.78, 5) is 28.1. The molecular formula is C24H20N4O3. The molecule has 0 bridgehead atoms. The number of nitrogens with one attached hydrogen (secondary N) is 2. The zero-order chi connectivity index (χ0) is 21.5. The maximum atomic E-state index is 13.2. The van der Waals surface area contributed by atoms with E-state index in [9.17, 15) is 4.79 Å². The number of aryl methyl sites for hydroxylation is 2. The van der Waals surface area contributed by atoms with Gasteiger partial charge < -0.3 is 19.1 Å². The van der Waals surface area contributed by atoms with Crippen molar-refractivity contribution >= 4 is 11.0 Å². The number of fused-ring (bicyclic) bond motifs is 1. The predicted molar refractivity (Wildman–Crippen MR) is 119 cm³/mol. The first kappa shape index (κ1) is 18.9. The highest BCUT2D eigenvalue weighted by molar-refractivity contribution is 5.86. The molecule has 0 aliphatic heterocycles. The zero-order valence-electron chi connectivity index (χ0n) is 17.3. The molecule has 2 aromatic carbocycles. The highest BCUT2D eigenvalue weighted by Crippen LogP contribution is 2.33. The van der Waals surface area contributed by atoms with E-state index in [1.165, 1.54) is 7.11 Å². The van der Waals surface area contributed by atoms with Crippen LogP contribution in [-0.4, -0.2) is 27.0 Å². The Morgan fingerprint density at radius 1 is 0.839 bits per heavy atom. The van der Waals surface area contributed by atoms with Crippen molar-refractivity contribution in [3.63, 3.8) is 0 Å². The molecule has 0 aliphatic carbocycles. The Morgan fingerprint density at radius 3 is 2.00 bits per heavy atom. The lowest BCUT2D eigenvalue weighted by Gasteiger charge is -2.10. The molecule has 7 nitrogen and oxygen atoms in total. The Morgan fingerprint density at radius 2 is 1.42 bits per heavy atom. The Hall–Kier alpha value is -4.13. The van der Waals surface area contributed by atoms with Crippen molar-refractivity contribution in [3.8, 4) is 39.6 Å². The van der Waals surface area contributed by atoms with E-state index in [1.54, 1.807) is 24.5 Å². The summed E-state index contributed by atoms with van der Waals surface area (Å²) >= 11 is 0. The molecule has 31 heavy (non-hydrogen) atoms. The molecule has 0 unspecified atom stereocenters. The topological polar surface area (TPSA) is 96.8 Å². The first-order valence-corrected chi connectivity index (χ1v) is 9.83. The number of rotatable bonds is 4. The average molecular weight is 412 g/mol. The molecule has 0 saturated carbocycles. The van der Waals surface area contributed by atoms with Gasteiger partial charge in [-0.15, -0.1) is 0 Å². The third kappa shape index (κ3) is 3.30. The number of hydrogen-bond donors (Lipinski definition) is 2. The maximum Gasteiger partial charge on any atom is 0.235 e. The third-order valence-corrected chi connectivity index (χ3v) is 5.23. The zero-order valence-corrected chi connectivity index (χ0v) is 17.3. The van der Waals surface area contributed by atoms with Crippen LogP contribution in [0.3, 0.4) is 0 Å². The number of imidazole rings is 2. The molecule has 3 aromatic heterocycles. The molecular weight excluding hydrogens is 392 g/mol. The molecule has 7 heteroatoms. The molecule has 0 atom stereocenters. The van der Waals surface area contributed by atoms with E-state index in [2.05, 4.69) is 19.9 Å². The number of ether oxygens (including phenoxy) is 1. The number of methoxy groups -OCH3 is 1. The molecule has 0 radical (unpaired) electrons. The molecule has 0 spiro atoms. The molecule has 5 rings (SSSR count). The largest absolute Gasteiger partial charge is 0.490 e. The van der Waals surface area contributed by atoms with Gasteiger partial charge in [0.2, 0.25) is 11.2 Å². The van der Waals surface area contributed by atoms with Gasteiger partial charge >= 0.3 is 0 Å². The molecule has 2 N–H and O–H groups in total. The van der Waals surface area contributed by atoms with E-state index in [1.807, 2.05) is 44.2 Å². The highest BCUT2D eigenvalue weighted by atomic mass is 16.5. The molecule has 0 saturated heterocycles. The summed E-state index contributed by atoms with van der Waals surface area (Å²) in [6.45, 7) is 3.79. The lowest BCUT2D eigenvalue weighted by Crippen LogP contribution is -2.07. The Balaban J connectivity index is 1.61. The summed E-state index contributed by atoms with van der Waals surface area (Å²) in [6, 6.07) is 13.2. The van der Waals surface area contributed by atoms with Crippen LogP contribution in [0.5, 0.6) is 5.75 Å². The van der Waals surface area contributed by atoms with E-state index in [0.29, 0.717) is 16.7 Å². The summed E-state index contributed by atoms with van der Waals surface area (Å²) in [7, 11) is 1.48. The van der Waals surface area contributed by atoms with Crippen molar-refractivity contribution in [1.82, 2.24) is 19.9 Å². The van der Waals surface area contributed by atoms with Crippen molar-refractivity contribution in [2.45, 2.75) is 13.8 Å². The van der Waals surface area contributed by atoms with Crippen LogP contribution in [0.4, 0.5) is 0 Å². The normalized spacial score (nSPS) is 11.2. The van der Waals surface area contributed by atoms with Crippen LogP contribution in [-0.2, 0) is 0 Å². The minimum Gasteiger partial charge on any atom is -0.490 e. The highest BCUT2D eigenvalue weighted by Gasteiger charge is 2.18. The SMILES string of the molecule is COc1c(-c2ccc(-c3cnc(C)[nH]3)cc2)oc2ccc(-c3cnc(C)[nH]3)cc2c1=O. The van der Waals surface area contributed by atoms with Gasteiger partial charge in [0, 0.05) is 11.1 Å². The Bertz CT molecular complexity index is 1460. The minimum absolute atomic E-state index is 0.176. The van der Waals surface area contributed by atoms with E-state index >= 15 is 0 Å². The first-order valence-electron chi connectivity index (χ1n) is 9.83. The number of aromatic nitrogens is 4. The molecule has 3 heterocycles.